The molecule has 0 atom stereocenters. The van der Waals surface area contributed by atoms with Crippen LogP contribution in [-0.2, 0) is 0 Å². The van der Waals surface area contributed by atoms with E-state index >= 15 is 0 Å². The molecule has 0 bridgehead atoms. The van der Waals surface area contributed by atoms with E-state index in [1.54, 1.807) is 0 Å². The predicted molar refractivity (Wildman–Crippen MR) is 79.4 cm³/mol. The van der Waals surface area contributed by atoms with Gasteiger partial charge in [-0.15, -0.1) is 0 Å². The Labute approximate surface area is 115 Å². The third-order valence-electron chi connectivity index (χ3n) is 3.67. The molecule has 4 heterocycles. The maximum atomic E-state index is 5.87. The minimum atomic E-state index is 0.573. The highest BCUT2D eigenvalue weighted by atomic mass is 15.1. The molecule has 98 valence electrons. The molecular formula is C15H13N5. The zero-order chi connectivity index (χ0) is 13.7. The number of rotatable bonds is 1. The molecule has 5 heteroatoms. The molecule has 3 N–H and O–H groups in total. The zero-order valence-electron chi connectivity index (χ0n) is 11.0. The lowest BCUT2D eigenvalue weighted by atomic mass is 10.1. The predicted octanol–water partition coefficient (Wildman–Crippen LogP) is 2.77. The zero-order valence-corrected chi connectivity index (χ0v) is 11.0. The van der Waals surface area contributed by atoms with Crippen molar-refractivity contribution in [3.05, 3.63) is 48.5 Å². The number of aromatic amines is 1. The average molecular weight is 263 g/mol. The number of nitrogens with zero attached hydrogens (tertiary/aromatic N) is 3. The lowest BCUT2D eigenvalue weighted by Gasteiger charge is -2.05. The van der Waals surface area contributed by atoms with E-state index in [4.69, 9.17) is 5.73 Å². The monoisotopic (exact) mass is 263 g/mol. The summed E-state index contributed by atoms with van der Waals surface area (Å²) in [6.45, 7) is 1.97. The van der Waals surface area contributed by atoms with Gasteiger partial charge in [0.2, 0.25) is 0 Å². The first-order chi connectivity index (χ1) is 9.74. The lowest BCUT2D eigenvalue weighted by Crippen LogP contribution is -1.91. The molecule has 4 aromatic heterocycles. The van der Waals surface area contributed by atoms with Crippen LogP contribution in [-0.4, -0.2) is 19.4 Å². The van der Waals surface area contributed by atoms with Crippen LogP contribution < -0.4 is 5.73 Å². The van der Waals surface area contributed by atoms with Gasteiger partial charge >= 0.3 is 0 Å². The van der Waals surface area contributed by atoms with Crippen molar-refractivity contribution in [1.29, 1.82) is 0 Å². The van der Waals surface area contributed by atoms with Crippen LogP contribution in [0.1, 0.15) is 5.69 Å². The Hall–Kier alpha value is -2.82. The van der Waals surface area contributed by atoms with Crippen LogP contribution in [0.15, 0.2) is 42.9 Å². The van der Waals surface area contributed by atoms with Gasteiger partial charge in [0.1, 0.15) is 17.1 Å². The molecule has 5 nitrogen and oxygen atoms in total. The average Bonchev–Trinajstić information content (AvgIpc) is 3.04. The minimum absolute atomic E-state index is 0.573. The van der Waals surface area contributed by atoms with Crippen LogP contribution in [0.3, 0.4) is 0 Å². The van der Waals surface area contributed by atoms with Gasteiger partial charge in [-0.1, -0.05) is 0 Å². The summed E-state index contributed by atoms with van der Waals surface area (Å²) < 4.78 is 2.02. The number of fused-ring (bicyclic) bond motifs is 2. The maximum Gasteiger partial charge on any atom is 0.145 e. The van der Waals surface area contributed by atoms with Crippen LogP contribution in [0.5, 0.6) is 0 Å². The molecule has 0 aliphatic heterocycles. The van der Waals surface area contributed by atoms with Crippen LogP contribution in [0.4, 0.5) is 5.82 Å². The molecule has 0 fully saturated rings. The van der Waals surface area contributed by atoms with E-state index in [2.05, 4.69) is 27.2 Å². The summed E-state index contributed by atoms with van der Waals surface area (Å²) >= 11 is 0. The number of aromatic nitrogens is 4. The molecule has 4 aromatic rings. The van der Waals surface area contributed by atoms with Gasteiger partial charge in [0.15, 0.2) is 0 Å². The molecule has 20 heavy (non-hydrogen) atoms. The normalized spacial score (nSPS) is 11.4. The number of nitrogens with two attached hydrogens (primary N) is 1. The fraction of sp³-hybridized carbons (Fsp3) is 0.0667. The minimum Gasteiger partial charge on any atom is -0.382 e. The number of hydrogen-bond donors (Lipinski definition) is 2. The third kappa shape index (κ3) is 1.43. The molecule has 0 saturated carbocycles. The van der Waals surface area contributed by atoms with Crippen molar-refractivity contribution >= 4 is 22.5 Å². The first-order valence-electron chi connectivity index (χ1n) is 6.41. The molecule has 0 aliphatic rings. The van der Waals surface area contributed by atoms with E-state index in [0.717, 1.165) is 33.5 Å². The molecule has 4 rings (SSSR count). The highest BCUT2D eigenvalue weighted by molar-refractivity contribution is 5.92. The Morgan fingerprint density at radius 1 is 1.20 bits per heavy atom. The highest BCUT2D eigenvalue weighted by Crippen LogP contribution is 2.28. The Balaban J connectivity index is 2.02. The molecule has 0 saturated heterocycles. The van der Waals surface area contributed by atoms with Gasteiger partial charge in [0.25, 0.3) is 0 Å². The molecule has 0 amide bonds. The van der Waals surface area contributed by atoms with Crippen molar-refractivity contribution in [3.63, 3.8) is 0 Å². The summed E-state index contributed by atoms with van der Waals surface area (Å²) in [5.41, 5.74) is 10.8. The van der Waals surface area contributed by atoms with Gasteiger partial charge in [0, 0.05) is 24.0 Å². The number of hydrogen-bond acceptors (Lipinski definition) is 3. The Morgan fingerprint density at radius 2 is 2.10 bits per heavy atom. The molecule has 0 unspecified atom stereocenters. The number of nitrogens with one attached hydrogen (secondary N) is 1. The summed E-state index contributed by atoms with van der Waals surface area (Å²) in [7, 11) is 0. The molecule has 0 aliphatic carbocycles. The Kier molecular flexibility index (Phi) is 2.12. The second-order valence-corrected chi connectivity index (χ2v) is 4.83. The van der Waals surface area contributed by atoms with Crippen molar-refractivity contribution in [2.45, 2.75) is 6.92 Å². The topological polar surface area (TPSA) is 72.0 Å². The number of pyridine rings is 2. The van der Waals surface area contributed by atoms with Crippen molar-refractivity contribution in [2.24, 2.45) is 0 Å². The fourth-order valence-electron chi connectivity index (χ4n) is 2.55. The Bertz CT molecular complexity index is 932. The molecule has 0 radical (unpaired) electrons. The first kappa shape index (κ1) is 11.0. The lowest BCUT2D eigenvalue weighted by molar-refractivity contribution is 1.11. The highest BCUT2D eigenvalue weighted by Gasteiger charge is 2.09. The first-order valence-corrected chi connectivity index (χ1v) is 6.41. The maximum absolute atomic E-state index is 5.87. The van der Waals surface area contributed by atoms with Crippen LogP contribution in [0.2, 0.25) is 0 Å². The summed E-state index contributed by atoms with van der Waals surface area (Å²) in [6, 6.07) is 8.10. The van der Waals surface area contributed by atoms with Crippen molar-refractivity contribution in [3.8, 4) is 11.1 Å². The van der Waals surface area contributed by atoms with Gasteiger partial charge < -0.3 is 15.1 Å². The number of anilines is 1. The summed E-state index contributed by atoms with van der Waals surface area (Å²) in [4.78, 5) is 11.8. The second-order valence-electron chi connectivity index (χ2n) is 4.83. The van der Waals surface area contributed by atoms with Gasteiger partial charge in [-0.2, -0.15) is 0 Å². The molecular weight excluding hydrogens is 250 g/mol. The summed E-state index contributed by atoms with van der Waals surface area (Å²) in [6.07, 6.45) is 5.78. The number of aryl methyl sites for hydroxylation is 1. The SMILES string of the molecule is Cc1c(N)nc2ccc(-c3ccnc4[nH]ccc34)cn12. The van der Waals surface area contributed by atoms with Crippen molar-refractivity contribution in [2.75, 3.05) is 5.73 Å². The van der Waals surface area contributed by atoms with Gasteiger partial charge in [0.05, 0.1) is 5.69 Å². The van der Waals surface area contributed by atoms with E-state index in [-0.39, 0.29) is 0 Å². The molecule has 0 aromatic carbocycles. The largest absolute Gasteiger partial charge is 0.382 e. The third-order valence-corrected chi connectivity index (χ3v) is 3.67. The van der Waals surface area contributed by atoms with Crippen molar-refractivity contribution < 1.29 is 0 Å². The number of imidazole rings is 1. The number of H-pyrrole nitrogens is 1. The fourth-order valence-corrected chi connectivity index (χ4v) is 2.55. The standard InChI is InChI=1S/C15H13N5/c1-9-14(16)19-13-3-2-10(8-20(9)13)11-4-6-17-15-12(11)5-7-18-15/h2-8H,16H2,1H3,(H,17,18). The summed E-state index contributed by atoms with van der Waals surface area (Å²) in [5, 5.41) is 1.11. The van der Waals surface area contributed by atoms with Crippen LogP contribution >= 0.6 is 0 Å². The van der Waals surface area contributed by atoms with Crippen LogP contribution in [0, 0.1) is 6.92 Å². The van der Waals surface area contributed by atoms with Gasteiger partial charge in [-0.25, -0.2) is 9.97 Å². The summed E-state index contributed by atoms with van der Waals surface area (Å²) in [5.74, 6) is 0.573. The van der Waals surface area contributed by atoms with Gasteiger partial charge in [-0.05, 0) is 42.3 Å². The van der Waals surface area contributed by atoms with E-state index in [1.807, 2.05) is 41.9 Å². The molecule has 0 spiro atoms. The quantitative estimate of drug-likeness (QED) is 0.554. The van der Waals surface area contributed by atoms with Crippen LogP contribution in [0.25, 0.3) is 27.8 Å². The second kappa shape index (κ2) is 3.84. The van der Waals surface area contributed by atoms with E-state index in [0.29, 0.717) is 5.82 Å². The number of nitrogen functional groups attached to an aromatic ring is 1. The smallest absolute Gasteiger partial charge is 0.145 e. The van der Waals surface area contributed by atoms with Gasteiger partial charge in [-0.3, -0.25) is 0 Å². The van der Waals surface area contributed by atoms with E-state index in [9.17, 15) is 0 Å². The Morgan fingerprint density at radius 3 is 3.00 bits per heavy atom. The van der Waals surface area contributed by atoms with E-state index in [1.165, 1.54) is 0 Å². The van der Waals surface area contributed by atoms with Crippen molar-refractivity contribution in [1.82, 2.24) is 19.4 Å². The van der Waals surface area contributed by atoms with E-state index < -0.39 is 0 Å².